The molecule has 5 rings (SSSR count). The minimum absolute atomic E-state index is 0.0729. The first kappa shape index (κ1) is 20.6. The Bertz CT molecular complexity index is 931. The highest BCUT2D eigenvalue weighted by Gasteiger charge is 2.27. The zero-order valence-electron chi connectivity index (χ0n) is 18.0. The molecule has 3 aliphatic heterocycles. The minimum Gasteiger partial charge on any atom is -0.785 e. The standard InChI is InChI=1S/C24H30N5OS/c1-26-12-14-27(15-13-26)21-6-4-20(5-7-21)25-28-10-8-19-9-11-29(30)24(23(19)18-28)17-22-3-2-16-31-22/h2-8,10,16,24-25H,9,11-15,17-18H2,1H3/q-1. The van der Waals surface area contributed by atoms with Crippen LogP contribution >= 0.6 is 11.3 Å². The lowest BCUT2D eigenvalue weighted by molar-refractivity contribution is 0.275. The maximum atomic E-state index is 12.7. The summed E-state index contributed by atoms with van der Waals surface area (Å²) in [7, 11) is 2.18. The van der Waals surface area contributed by atoms with Gasteiger partial charge in [-0.25, -0.2) is 0 Å². The molecule has 0 saturated carbocycles. The zero-order valence-corrected chi connectivity index (χ0v) is 18.9. The Morgan fingerprint density at radius 2 is 1.87 bits per heavy atom. The normalized spacial score (nSPS) is 22.7. The van der Waals surface area contributed by atoms with Gasteiger partial charge in [-0.2, -0.15) is 0 Å². The molecule has 6 nitrogen and oxygen atoms in total. The third-order valence-electron chi connectivity index (χ3n) is 6.54. The molecule has 2 aromatic rings. The van der Waals surface area contributed by atoms with Crippen molar-refractivity contribution in [3.63, 3.8) is 0 Å². The Labute approximate surface area is 188 Å². The van der Waals surface area contributed by atoms with E-state index in [4.69, 9.17) is 0 Å². The second-order valence-corrected chi connectivity index (χ2v) is 9.67. The molecule has 7 heteroatoms. The molecular weight excluding hydrogens is 406 g/mol. The summed E-state index contributed by atoms with van der Waals surface area (Å²) in [5, 5.41) is 18.1. The van der Waals surface area contributed by atoms with Gasteiger partial charge in [-0.05, 0) is 72.9 Å². The number of benzene rings is 1. The predicted octanol–water partition coefficient (Wildman–Crippen LogP) is 3.77. The fourth-order valence-corrected chi connectivity index (χ4v) is 5.39. The molecule has 0 spiro atoms. The van der Waals surface area contributed by atoms with E-state index in [1.165, 1.54) is 26.8 Å². The van der Waals surface area contributed by atoms with Crippen LogP contribution in [0, 0.1) is 5.21 Å². The number of allylic oxidation sites excluding steroid dienone is 1. The van der Waals surface area contributed by atoms with E-state index in [-0.39, 0.29) is 6.04 Å². The summed E-state index contributed by atoms with van der Waals surface area (Å²) < 4.78 is 0. The number of hydrogen-bond acceptors (Lipinski definition) is 7. The van der Waals surface area contributed by atoms with E-state index in [2.05, 4.69) is 81.3 Å². The first-order valence-corrected chi connectivity index (χ1v) is 12.0. The maximum Gasteiger partial charge on any atom is 0.0618 e. The molecule has 1 N–H and O–H groups in total. The molecule has 1 unspecified atom stereocenters. The molecule has 1 fully saturated rings. The van der Waals surface area contributed by atoms with E-state index in [9.17, 15) is 5.21 Å². The van der Waals surface area contributed by atoms with E-state index in [1.807, 2.05) is 0 Å². The molecular formula is C24H30N5OS-. The summed E-state index contributed by atoms with van der Waals surface area (Å²) in [5.41, 5.74) is 8.44. The Balaban J connectivity index is 1.24. The Kier molecular flexibility index (Phi) is 6.00. The van der Waals surface area contributed by atoms with Crippen molar-refractivity contribution in [3.05, 3.63) is 75.3 Å². The van der Waals surface area contributed by atoms with Crippen molar-refractivity contribution in [2.75, 3.05) is 56.6 Å². The summed E-state index contributed by atoms with van der Waals surface area (Å²) in [6.45, 7) is 5.69. The van der Waals surface area contributed by atoms with Crippen LogP contribution in [0.15, 0.2) is 65.2 Å². The molecule has 0 amide bonds. The van der Waals surface area contributed by atoms with Crippen LogP contribution in [0.5, 0.6) is 0 Å². The number of hydrogen-bond donors (Lipinski definition) is 1. The number of thiophene rings is 1. The average molecular weight is 437 g/mol. The summed E-state index contributed by atoms with van der Waals surface area (Å²) in [6.07, 6.45) is 5.92. The number of likely N-dealkylation sites (N-methyl/N-ethyl adjacent to an activating group) is 1. The van der Waals surface area contributed by atoms with Crippen LogP contribution in [0.2, 0.25) is 0 Å². The molecule has 31 heavy (non-hydrogen) atoms. The summed E-state index contributed by atoms with van der Waals surface area (Å²) in [6, 6.07) is 12.8. The van der Waals surface area contributed by atoms with Crippen molar-refractivity contribution >= 4 is 22.7 Å². The molecule has 0 radical (unpaired) electrons. The largest absolute Gasteiger partial charge is 0.785 e. The third-order valence-corrected chi connectivity index (χ3v) is 7.44. The highest BCUT2D eigenvalue weighted by atomic mass is 32.1. The summed E-state index contributed by atoms with van der Waals surface area (Å²) >= 11 is 1.73. The first-order chi connectivity index (χ1) is 15.2. The van der Waals surface area contributed by atoms with Crippen LogP contribution in [0.4, 0.5) is 11.4 Å². The van der Waals surface area contributed by atoms with Gasteiger partial charge in [0.2, 0.25) is 0 Å². The smallest absolute Gasteiger partial charge is 0.0618 e. The van der Waals surface area contributed by atoms with Crippen molar-refractivity contribution in [1.29, 1.82) is 0 Å². The summed E-state index contributed by atoms with van der Waals surface area (Å²) in [4.78, 5) is 6.09. The van der Waals surface area contributed by atoms with Crippen molar-refractivity contribution in [3.8, 4) is 0 Å². The number of nitrogens with zero attached hydrogens (tertiary/aromatic N) is 4. The first-order valence-electron chi connectivity index (χ1n) is 11.1. The number of anilines is 2. The van der Waals surface area contributed by atoms with Gasteiger partial charge in [0.1, 0.15) is 0 Å². The third kappa shape index (κ3) is 4.65. The van der Waals surface area contributed by atoms with Crippen LogP contribution in [0.1, 0.15) is 11.3 Å². The Morgan fingerprint density at radius 3 is 2.61 bits per heavy atom. The molecule has 4 heterocycles. The van der Waals surface area contributed by atoms with Crippen molar-refractivity contribution in [2.45, 2.75) is 18.9 Å². The van der Waals surface area contributed by atoms with Crippen molar-refractivity contribution < 1.29 is 0 Å². The number of piperazine rings is 1. The fourth-order valence-electron chi connectivity index (χ4n) is 4.65. The van der Waals surface area contributed by atoms with E-state index in [0.717, 1.165) is 51.3 Å². The van der Waals surface area contributed by atoms with E-state index < -0.39 is 0 Å². The highest BCUT2D eigenvalue weighted by molar-refractivity contribution is 7.09. The number of nitrogens with one attached hydrogen (secondary N) is 1. The van der Waals surface area contributed by atoms with Gasteiger partial charge in [0.15, 0.2) is 0 Å². The van der Waals surface area contributed by atoms with Crippen molar-refractivity contribution in [1.82, 2.24) is 15.0 Å². The van der Waals surface area contributed by atoms with E-state index >= 15 is 0 Å². The number of hydrazine groups is 1. The SMILES string of the molecule is CN1CCN(c2ccc(NN3C=CC4=C(C3)C(Cc3cccs3)N([O-])CC4)cc2)CC1. The van der Waals surface area contributed by atoms with Gasteiger partial charge in [-0.15, -0.1) is 11.3 Å². The van der Waals surface area contributed by atoms with Crippen LogP contribution in [0.3, 0.4) is 0 Å². The van der Waals surface area contributed by atoms with E-state index in [1.54, 1.807) is 11.3 Å². The Hall–Kier alpha value is -2.32. The van der Waals surface area contributed by atoms with Crippen molar-refractivity contribution in [2.24, 2.45) is 0 Å². The predicted molar refractivity (Wildman–Crippen MR) is 129 cm³/mol. The number of rotatable bonds is 5. The molecule has 1 aromatic carbocycles. The van der Waals surface area contributed by atoms with Gasteiger partial charge < -0.3 is 20.1 Å². The van der Waals surface area contributed by atoms with E-state index in [0.29, 0.717) is 6.54 Å². The number of hydroxylamine groups is 2. The van der Waals surface area contributed by atoms with Crippen LogP contribution in [-0.2, 0) is 6.42 Å². The quantitative estimate of drug-likeness (QED) is 0.770. The highest BCUT2D eigenvalue weighted by Crippen LogP contribution is 2.31. The molecule has 1 atom stereocenters. The van der Waals surface area contributed by atoms with Gasteiger partial charge >= 0.3 is 0 Å². The molecule has 3 aliphatic rings. The van der Waals surface area contributed by atoms with Crippen LogP contribution in [-0.4, -0.2) is 67.3 Å². The van der Waals surface area contributed by atoms with Gasteiger partial charge in [-0.1, -0.05) is 6.07 Å². The average Bonchev–Trinajstić information content (AvgIpc) is 3.30. The fraction of sp³-hybridized carbons (Fsp3) is 0.417. The topological polar surface area (TPSA) is 48.0 Å². The monoisotopic (exact) mass is 436 g/mol. The molecule has 164 valence electrons. The second kappa shape index (κ2) is 9.04. The minimum atomic E-state index is -0.0729. The lowest BCUT2D eigenvalue weighted by Gasteiger charge is -2.45. The molecule has 0 aliphatic carbocycles. The maximum absolute atomic E-state index is 12.7. The van der Waals surface area contributed by atoms with Gasteiger partial charge in [0, 0.05) is 55.4 Å². The molecule has 1 aromatic heterocycles. The van der Waals surface area contributed by atoms with Crippen LogP contribution < -0.4 is 10.3 Å². The van der Waals surface area contributed by atoms with Gasteiger partial charge in [0.05, 0.1) is 12.2 Å². The lowest BCUT2D eigenvalue weighted by atomic mass is 9.90. The zero-order chi connectivity index (χ0) is 21.2. The van der Waals surface area contributed by atoms with Gasteiger partial charge in [-0.3, -0.25) is 10.4 Å². The lowest BCUT2D eigenvalue weighted by Crippen LogP contribution is -2.44. The molecule has 1 saturated heterocycles. The van der Waals surface area contributed by atoms with Gasteiger partial charge in [0.25, 0.3) is 0 Å². The Morgan fingerprint density at radius 1 is 1.06 bits per heavy atom. The second-order valence-electron chi connectivity index (χ2n) is 8.63. The molecule has 0 bridgehead atoms. The van der Waals surface area contributed by atoms with Crippen LogP contribution in [0.25, 0.3) is 0 Å². The summed E-state index contributed by atoms with van der Waals surface area (Å²) in [5.74, 6) is 0.